The number of ether oxygens (including phenoxy) is 2. The lowest BCUT2D eigenvalue weighted by Crippen LogP contribution is -2.68. The smallest absolute Gasteiger partial charge is 0.351 e. The van der Waals surface area contributed by atoms with E-state index in [9.17, 15) is 54.5 Å². The van der Waals surface area contributed by atoms with Crippen LogP contribution in [0.5, 0.6) is 0 Å². The number of anilines is 1. The lowest BCUT2D eigenvalue weighted by molar-refractivity contribution is -0.219. The molecule has 0 aromatic carbocycles. The highest BCUT2D eigenvalue weighted by atomic mass is 31.2. The van der Waals surface area contributed by atoms with Crippen LogP contribution in [0.1, 0.15) is 26.0 Å². The molecule has 42 heavy (non-hydrogen) atoms. The van der Waals surface area contributed by atoms with Crippen molar-refractivity contribution in [1.82, 2.24) is 14.9 Å². The number of aliphatic hydroxyl groups is 6. The van der Waals surface area contributed by atoms with Gasteiger partial charge in [0.1, 0.15) is 48.0 Å². The Labute approximate surface area is 238 Å². The van der Waals surface area contributed by atoms with Gasteiger partial charge in [0.15, 0.2) is 6.23 Å². The van der Waals surface area contributed by atoms with Gasteiger partial charge in [0.2, 0.25) is 11.8 Å². The zero-order valence-corrected chi connectivity index (χ0v) is 23.3. The van der Waals surface area contributed by atoms with Gasteiger partial charge < -0.3 is 66.3 Å². The van der Waals surface area contributed by atoms with Gasteiger partial charge in [0, 0.05) is 19.5 Å². The van der Waals surface area contributed by atoms with Gasteiger partial charge in [-0.05, 0) is 12.5 Å². The average molecular weight is 626 g/mol. The van der Waals surface area contributed by atoms with Crippen molar-refractivity contribution in [2.24, 2.45) is 5.73 Å². The number of nitrogens with zero attached hydrogens (tertiary/aromatic N) is 2. The minimum atomic E-state index is -4.64. The number of aromatic nitrogens is 2. The minimum Gasteiger partial charge on any atom is -0.394 e. The van der Waals surface area contributed by atoms with Gasteiger partial charge in [-0.2, -0.15) is 4.98 Å². The molecule has 19 nitrogen and oxygen atoms in total. The van der Waals surface area contributed by atoms with Crippen LogP contribution in [0.15, 0.2) is 17.1 Å². The monoisotopic (exact) mass is 625 g/mol. The molecule has 238 valence electrons. The fourth-order valence-corrected chi connectivity index (χ4v) is 5.98. The molecule has 0 spiro atoms. The fraction of sp³-hybridized carbons (Fsp3) is 0.727. The van der Waals surface area contributed by atoms with Gasteiger partial charge in [0.25, 0.3) is 0 Å². The lowest BCUT2D eigenvalue weighted by Gasteiger charge is -2.47. The largest absolute Gasteiger partial charge is 0.394 e. The van der Waals surface area contributed by atoms with Crippen molar-refractivity contribution < 1.29 is 63.7 Å². The van der Waals surface area contributed by atoms with E-state index in [4.69, 9.17) is 25.5 Å². The van der Waals surface area contributed by atoms with E-state index in [-0.39, 0.29) is 5.82 Å². The van der Waals surface area contributed by atoms with Gasteiger partial charge >= 0.3 is 13.3 Å². The van der Waals surface area contributed by atoms with E-state index in [2.05, 4.69) is 10.3 Å². The number of hydrogen-bond donors (Lipinski definition) is 10. The molecule has 11 atom stereocenters. The van der Waals surface area contributed by atoms with E-state index >= 15 is 0 Å². The number of amides is 2. The molecule has 1 aromatic rings. The van der Waals surface area contributed by atoms with Gasteiger partial charge in [-0.25, -0.2) is 4.79 Å². The molecule has 12 N–H and O–H groups in total. The van der Waals surface area contributed by atoms with Crippen LogP contribution in [-0.2, 0) is 28.2 Å². The SMILES string of the molecule is CC(=O)N[C@H]1[C@H]([C@H](O)[C@H](O)CO)O[C@](CCP(=O)(O)OC[C@H]2O[C@@H](n3ccc(N)nc3=O)[C@H](O)[C@@H]2O)(C(N)=O)C[C@@H]1O. The highest BCUT2D eigenvalue weighted by molar-refractivity contribution is 7.52. The van der Waals surface area contributed by atoms with Crippen LogP contribution in [0.4, 0.5) is 5.82 Å². The average Bonchev–Trinajstić information content (AvgIpc) is 3.19. The predicted molar refractivity (Wildman–Crippen MR) is 138 cm³/mol. The molecule has 0 bridgehead atoms. The van der Waals surface area contributed by atoms with Crippen molar-refractivity contribution >= 4 is 25.2 Å². The Kier molecular flexibility index (Phi) is 10.8. The van der Waals surface area contributed by atoms with E-state index in [1.807, 2.05) is 0 Å². The summed E-state index contributed by atoms with van der Waals surface area (Å²) in [5.74, 6) is -1.95. The molecule has 3 rings (SSSR count). The summed E-state index contributed by atoms with van der Waals surface area (Å²) in [4.78, 5) is 50.2. The Bertz CT molecular complexity index is 1240. The number of nitrogen functional groups attached to an aromatic ring is 1. The van der Waals surface area contributed by atoms with Crippen molar-refractivity contribution in [3.05, 3.63) is 22.7 Å². The molecule has 0 saturated carbocycles. The summed E-state index contributed by atoms with van der Waals surface area (Å²) in [5.41, 5.74) is 7.88. The standard InChI is InChI=1S/C22H36N5O14P/c1-9(29)25-14-10(30)6-22(20(24)35,41-18(14)15(32)11(31)7-28)3-5-42(37,38)39-8-12-16(33)17(34)19(40-12)27-4-2-13(23)26-21(27)36/h2,4,10-12,14-19,28,30-34H,3,5-8H2,1H3,(H2,24,35)(H,25,29)(H,37,38)(H2,23,26,36)/t10-,11+,12+,14+,15+,16+,17+,18+,19+,22-/m0/s1. The Morgan fingerprint density at radius 3 is 2.55 bits per heavy atom. The number of aliphatic hydroxyl groups excluding tert-OH is 6. The molecule has 0 aliphatic carbocycles. The number of rotatable bonds is 12. The first-order chi connectivity index (χ1) is 19.5. The van der Waals surface area contributed by atoms with Gasteiger partial charge in [-0.1, -0.05) is 0 Å². The lowest BCUT2D eigenvalue weighted by atomic mass is 9.81. The number of nitrogens with two attached hydrogens (primary N) is 2. The molecule has 2 fully saturated rings. The summed E-state index contributed by atoms with van der Waals surface area (Å²) in [6, 6.07) is -0.103. The Morgan fingerprint density at radius 2 is 1.98 bits per heavy atom. The second-order valence-corrected chi connectivity index (χ2v) is 12.2. The van der Waals surface area contributed by atoms with E-state index in [0.29, 0.717) is 0 Å². The summed E-state index contributed by atoms with van der Waals surface area (Å²) < 4.78 is 29.9. The van der Waals surface area contributed by atoms with Crippen LogP contribution in [0.2, 0.25) is 0 Å². The molecule has 2 amide bonds. The van der Waals surface area contributed by atoms with Gasteiger partial charge in [-0.3, -0.25) is 18.7 Å². The number of hydrogen-bond acceptors (Lipinski definition) is 15. The predicted octanol–water partition coefficient (Wildman–Crippen LogP) is -5.37. The number of nitrogens with one attached hydrogen (secondary N) is 1. The zero-order chi connectivity index (χ0) is 31.6. The summed E-state index contributed by atoms with van der Waals surface area (Å²) >= 11 is 0. The van der Waals surface area contributed by atoms with Crippen molar-refractivity contribution in [2.45, 2.75) is 80.4 Å². The van der Waals surface area contributed by atoms with E-state index in [1.165, 1.54) is 12.3 Å². The molecule has 2 aliphatic heterocycles. The third-order valence-electron chi connectivity index (χ3n) is 7.11. The van der Waals surface area contributed by atoms with Crippen molar-refractivity contribution in [3.8, 4) is 0 Å². The van der Waals surface area contributed by atoms with Gasteiger partial charge in [-0.15, -0.1) is 0 Å². The van der Waals surface area contributed by atoms with E-state index < -0.39 is 118 Å². The maximum absolute atomic E-state index is 12.9. The molecule has 20 heteroatoms. The third kappa shape index (κ3) is 7.50. The maximum atomic E-state index is 12.9. The number of carbonyl (C=O) groups is 2. The Hall–Kier alpha value is -2.55. The first-order valence-electron chi connectivity index (χ1n) is 12.7. The van der Waals surface area contributed by atoms with Gasteiger partial charge in [0.05, 0.1) is 31.5 Å². The second-order valence-electron chi connectivity index (χ2n) is 10.2. The minimum absolute atomic E-state index is 0.0929. The molecule has 2 saturated heterocycles. The summed E-state index contributed by atoms with van der Waals surface area (Å²) in [5, 5.41) is 63.5. The third-order valence-corrected chi connectivity index (χ3v) is 8.45. The van der Waals surface area contributed by atoms with Crippen LogP contribution >= 0.6 is 7.60 Å². The van der Waals surface area contributed by atoms with Crippen molar-refractivity contribution in [1.29, 1.82) is 0 Å². The molecule has 2 aliphatic rings. The van der Waals surface area contributed by atoms with Crippen molar-refractivity contribution in [3.63, 3.8) is 0 Å². The Morgan fingerprint density at radius 1 is 1.31 bits per heavy atom. The zero-order valence-electron chi connectivity index (χ0n) is 22.4. The van der Waals surface area contributed by atoms with E-state index in [0.717, 1.165) is 11.5 Å². The second kappa shape index (κ2) is 13.4. The highest BCUT2D eigenvalue weighted by Crippen LogP contribution is 2.47. The fourth-order valence-electron chi connectivity index (χ4n) is 4.82. The summed E-state index contributed by atoms with van der Waals surface area (Å²) in [6.45, 7) is -0.590. The number of carbonyl (C=O) groups excluding carboxylic acids is 2. The van der Waals surface area contributed by atoms with Crippen LogP contribution in [0, 0.1) is 0 Å². The highest BCUT2D eigenvalue weighted by Gasteiger charge is 2.54. The summed E-state index contributed by atoms with van der Waals surface area (Å²) in [6.07, 6.45) is -14.0. The quantitative estimate of drug-likeness (QED) is 0.0969. The molecular formula is C22H36N5O14P. The maximum Gasteiger partial charge on any atom is 0.351 e. The topological polar surface area (TPSA) is 319 Å². The Balaban J connectivity index is 1.71. The molecular weight excluding hydrogens is 589 g/mol. The molecule has 1 aromatic heterocycles. The van der Waals surface area contributed by atoms with Crippen LogP contribution in [0.3, 0.4) is 0 Å². The summed E-state index contributed by atoms with van der Waals surface area (Å²) in [7, 11) is -4.64. The first kappa shape index (κ1) is 33.9. The molecule has 0 radical (unpaired) electrons. The number of primary amides is 1. The van der Waals surface area contributed by atoms with Crippen LogP contribution in [0.25, 0.3) is 0 Å². The van der Waals surface area contributed by atoms with Crippen LogP contribution in [-0.4, -0.2) is 131 Å². The normalized spacial score (nSPS) is 34.3. The molecule has 3 heterocycles. The van der Waals surface area contributed by atoms with Crippen LogP contribution < -0.4 is 22.5 Å². The molecule has 1 unspecified atom stereocenters. The van der Waals surface area contributed by atoms with E-state index in [1.54, 1.807) is 0 Å². The van der Waals surface area contributed by atoms with Crippen molar-refractivity contribution in [2.75, 3.05) is 25.1 Å². The first-order valence-corrected chi connectivity index (χ1v) is 14.5.